The number of rotatable bonds is 6. The highest BCUT2D eigenvalue weighted by Crippen LogP contribution is 2.26. The van der Waals surface area contributed by atoms with E-state index in [1.807, 2.05) is 30.3 Å². The van der Waals surface area contributed by atoms with Gasteiger partial charge in [0.2, 0.25) is 5.91 Å². The van der Waals surface area contributed by atoms with Crippen molar-refractivity contribution in [1.82, 2.24) is 10.2 Å². The summed E-state index contributed by atoms with van der Waals surface area (Å²) in [6.45, 7) is 9.13. The van der Waals surface area contributed by atoms with Crippen LogP contribution in [-0.2, 0) is 4.79 Å². The van der Waals surface area contributed by atoms with E-state index in [4.69, 9.17) is 0 Å². The molecule has 0 bridgehead atoms. The fraction of sp³-hybridized carbons (Fsp3) is 0.438. The van der Waals surface area contributed by atoms with Crippen LogP contribution in [0.4, 0.5) is 5.69 Å². The summed E-state index contributed by atoms with van der Waals surface area (Å²) in [6.07, 6.45) is 1.87. The molecule has 1 aliphatic rings. The van der Waals surface area contributed by atoms with Crippen LogP contribution in [0.5, 0.6) is 0 Å². The zero-order valence-corrected chi connectivity index (χ0v) is 13.3. The van der Waals surface area contributed by atoms with Gasteiger partial charge >= 0.3 is 0 Å². The number of nitrogens with zero attached hydrogens (tertiary/aromatic N) is 1. The van der Waals surface area contributed by atoms with Crippen LogP contribution in [0.3, 0.4) is 0 Å². The molecule has 1 aromatic carbocycles. The van der Waals surface area contributed by atoms with Crippen molar-refractivity contribution in [2.75, 3.05) is 37.2 Å². The number of amides is 1. The highest BCUT2D eigenvalue weighted by molar-refractivity contribution is 7.99. The lowest BCUT2D eigenvalue weighted by molar-refractivity contribution is -0.118. The van der Waals surface area contributed by atoms with Gasteiger partial charge in [0.15, 0.2) is 0 Å². The molecule has 1 aromatic rings. The minimum atomic E-state index is 0.0513. The zero-order chi connectivity index (χ0) is 15.1. The SMILES string of the molecule is C=CCSc1ccccc1NC(=O)CN1CCNC[C@H]1C. The molecule has 1 aliphatic heterocycles. The number of piperazine rings is 1. The summed E-state index contributed by atoms with van der Waals surface area (Å²) in [6, 6.07) is 8.30. The summed E-state index contributed by atoms with van der Waals surface area (Å²) in [4.78, 5) is 15.5. The van der Waals surface area contributed by atoms with Crippen LogP contribution in [0.15, 0.2) is 41.8 Å². The Kier molecular flexibility index (Phi) is 6.29. The van der Waals surface area contributed by atoms with E-state index in [2.05, 4.69) is 29.0 Å². The van der Waals surface area contributed by atoms with Gasteiger partial charge in [0.05, 0.1) is 12.2 Å². The van der Waals surface area contributed by atoms with Gasteiger partial charge in [-0.25, -0.2) is 0 Å². The number of benzene rings is 1. The third-order valence-corrected chi connectivity index (χ3v) is 4.57. The molecule has 1 saturated heterocycles. The van der Waals surface area contributed by atoms with E-state index in [-0.39, 0.29) is 5.91 Å². The molecule has 4 nitrogen and oxygen atoms in total. The Balaban J connectivity index is 1.94. The number of hydrogen-bond acceptors (Lipinski definition) is 4. The van der Waals surface area contributed by atoms with Gasteiger partial charge in [-0.05, 0) is 19.1 Å². The number of nitrogens with one attached hydrogen (secondary N) is 2. The molecule has 114 valence electrons. The topological polar surface area (TPSA) is 44.4 Å². The minimum absolute atomic E-state index is 0.0513. The molecule has 0 unspecified atom stereocenters. The van der Waals surface area contributed by atoms with Crippen LogP contribution in [0, 0.1) is 0 Å². The number of hydrogen-bond donors (Lipinski definition) is 2. The van der Waals surface area contributed by atoms with Crippen LogP contribution in [0.25, 0.3) is 0 Å². The lowest BCUT2D eigenvalue weighted by Crippen LogP contribution is -2.52. The van der Waals surface area contributed by atoms with Crippen molar-refractivity contribution in [3.05, 3.63) is 36.9 Å². The predicted molar refractivity (Wildman–Crippen MR) is 89.9 cm³/mol. The molecule has 0 saturated carbocycles. The lowest BCUT2D eigenvalue weighted by atomic mass is 10.2. The van der Waals surface area contributed by atoms with Crippen molar-refractivity contribution >= 4 is 23.4 Å². The minimum Gasteiger partial charge on any atom is -0.324 e. The van der Waals surface area contributed by atoms with Crippen molar-refractivity contribution in [2.45, 2.75) is 17.9 Å². The summed E-state index contributed by atoms with van der Waals surface area (Å²) in [5.41, 5.74) is 0.886. The second-order valence-electron chi connectivity index (χ2n) is 5.17. The molecule has 1 atom stereocenters. The van der Waals surface area contributed by atoms with Crippen LogP contribution in [0.1, 0.15) is 6.92 Å². The summed E-state index contributed by atoms with van der Waals surface area (Å²) in [5, 5.41) is 6.36. The second-order valence-corrected chi connectivity index (χ2v) is 6.23. The van der Waals surface area contributed by atoms with Gasteiger partial charge in [0.25, 0.3) is 0 Å². The van der Waals surface area contributed by atoms with E-state index < -0.39 is 0 Å². The Bertz CT molecular complexity index is 492. The third-order valence-electron chi connectivity index (χ3n) is 3.50. The van der Waals surface area contributed by atoms with Crippen molar-refractivity contribution in [3.8, 4) is 0 Å². The first-order valence-electron chi connectivity index (χ1n) is 7.28. The highest BCUT2D eigenvalue weighted by Gasteiger charge is 2.20. The zero-order valence-electron chi connectivity index (χ0n) is 12.5. The maximum Gasteiger partial charge on any atom is 0.238 e. The Morgan fingerprint density at radius 1 is 1.57 bits per heavy atom. The smallest absolute Gasteiger partial charge is 0.238 e. The number of carbonyl (C=O) groups excluding carboxylic acids is 1. The Morgan fingerprint density at radius 2 is 2.38 bits per heavy atom. The van der Waals surface area contributed by atoms with Gasteiger partial charge in [-0.1, -0.05) is 18.2 Å². The van der Waals surface area contributed by atoms with E-state index in [0.717, 1.165) is 36.0 Å². The van der Waals surface area contributed by atoms with E-state index in [1.165, 1.54) is 0 Å². The molecule has 1 fully saturated rings. The van der Waals surface area contributed by atoms with Gasteiger partial charge in [-0.15, -0.1) is 18.3 Å². The van der Waals surface area contributed by atoms with Crippen molar-refractivity contribution in [2.24, 2.45) is 0 Å². The average molecular weight is 305 g/mol. The highest BCUT2D eigenvalue weighted by atomic mass is 32.2. The van der Waals surface area contributed by atoms with Gasteiger partial charge < -0.3 is 10.6 Å². The molecule has 2 N–H and O–H groups in total. The summed E-state index contributed by atoms with van der Waals surface area (Å²) >= 11 is 1.68. The summed E-state index contributed by atoms with van der Waals surface area (Å²) in [7, 11) is 0. The van der Waals surface area contributed by atoms with Gasteiger partial charge in [-0.2, -0.15) is 0 Å². The molecule has 0 aliphatic carbocycles. The molecule has 1 amide bonds. The molecule has 21 heavy (non-hydrogen) atoms. The largest absolute Gasteiger partial charge is 0.324 e. The van der Waals surface area contributed by atoms with E-state index in [1.54, 1.807) is 11.8 Å². The number of carbonyl (C=O) groups is 1. The molecule has 0 aromatic heterocycles. The average Bonchev–Trinajstić information content (AvgIpc) is 2.49. The molecule has 0 spiro atoms. The first-order valence-corrected chi connectivity index (χ1v) is 8.26. The van der Waals surface area contributed by atoms with Crippen LogP contribution in [0.2, 0.25) is 0 Å². The molecule has 1 heterocycles. The normalized spacial score (nSPS) is 19.2. The van der Waals surface area contributed by atoms with Crippen molar-refractivity contribution in [1.29, 1.82) is 0 Å². The Hall–Kier alpha value is -1.30. The van der Waals surface area contributed by atoms with Crippen molar-refractivity contribution < 1.29 is 4.79 Å². The predicted octanol–water partition coefficient (Wildman–Crippen LogP) is 2.20. The van der Waals surface area contributed by atoms with Gasteiger partial charge in [0, 0.05) is 36.3 Å². The third kappa shape index (κ3) is 4.88. The second kappa shape index (κ2) is 8.22. The fourth-order valence-electron chi connectivity index (χ4n) is 2.34. The van der Waals surface area contributed by atoms with Crippen LogP contribution >= 0.6 is 11.8 Å². The lowest BCUT2D eigenvalue weighted by Gasteiger charge is -2.33. The monoisotopic (exact) mass is 305 g/mol. The standard InChI is InChI=1S/C16H23N3OS/c1-3-10-21-15-7-5-4-6-14(15)18-16(20)12-19-9-8-17-11-13(19)2/h3-7,13,17H,1,8-12H2,2H3,(H,18,20)/t13-/m1/s1. The maximum absolute atomic E-state index is 12.2. The quantitative estimate of drug-likeness (QED) is 0.625. The Morgan fingerprint density at radius 3 is 3.14 bits per heavy atom. The van der Waals surface area contributed by atoms with Gasteiger partial charge in [0.1, 0.15) is 0 Å². The van der Waals surface area contributed by atoms with Crippen LogP contribution < -0.4 is 10.6 Å². The summed E-state index contributed by atoms with van der Waals surface area (Å²) < 4.78 is 0. The molecule has 0 radical (unpaired) electrons. The van der Waals surface area contributed by atoms with Crippen molar-refractivity contribution in [3.63, 3.8) is 0 Å². The first-order chi connectivity index (χ1) is 10.2. The van der Waals surface area contributed by atoms with E-state index >= 15 is 0 Å². The summed E-state index contributed by atoms with van der Waals surface area (Å²) in [5.74, 6) is 0.886. The number of anilines is 1. The van der Waals surface area contributed by atoms with Crippen LogP contribution in [-0.4, -0.2) is 48.8 Å². The molecular formula is C16H23N3OS. The molecular weight excluding hydrogens is 282 g/mol. The Labute approximate surface area is 131 Å². The fourth-order valence-corrected chi connectivity index (χ4v) is 3.08. The number of thioether (sulfide) groups is 1. The maximum atomic E-state index is 12.2. The van der Waals surface area contributed by atoms with Gasteiger partial charge in [-0.3, -0.25) is 9.69 Å². The number of para-hydroxylation sites is 1. The van der Waals surface area contributed by atoms with E-state index in [9.17, 15) is 4.79 Å². The first kappa shape index (κ1) is 16.1. The molecule has 2 rings (SSSR count). The molecule has 5 heteroatoms. The van der Waals surface area contributed by atoms with E-state index in [0.29, 0.717) is 12.6 Å².